The first kappa shape index (κ1) is 13.6. The second kappa shape index (κ2) is 6.96. The molecule has 3 nitrogen and oxygen atoms in total. The van der Waals surface area contributed by atoms with Gasteiger partial charge in [-0.3, -0.25) is 11.3 Å². The van der Waals surface area contributed by atoms with Crippen LogP contribution in [0.5, 0.6) is 0 Å². The highest BCUT2D eigenvalue weighted by molar-refractivity contribution is 9.10. The van der Waals surface area contributed by atoms with E-state index in [9.17, 15) is 4.39 Å². The molecule has 1 aromatic carbocycles. The molecule has 3 N–H and O–H groups in total. The summed E-state index contributed by atoms with van der Waals surface area (Å²) in [6.45, 7) is 3.21. The van der Waals surface area contributed by atoms with E-state index in [1.807, 2.05) is 6.92 Å². The van der Waals surface area contributed by atoms with Crippen molar-refractivity contribution in [1.82, 2.24) is 5.43 Å². The minimum absolute atomic E-state index is 0.122. The molecule has 5 heteroatoms. The Labute approximate surface area is 103 Å². The number of nitrogens with one attached hydrogen (secondary N) is 1. The third-order valence-corrected chi connectivity index (χ3v) is 2.79. The quantitative estimate of drug-likeness (QED) is 0.481. The van der Waals surface area contributed by atoms with Crippen LogP contribution in [0.1, 0.15) is 24.9 Å². The summed E-state index contributed by atoms with van der Waals surface area (Å²) in [5.74, 6) is 5.15. The molecule has 1 unspecified atom stereocenters. The van der Waals surface area contributed by atoms with Crippen molar-refractivity contribution in [2.24, 2.45) is 5.84 Å². The predicted octanol–water partition coefficient (Wildman–Crippen LogP) is 2.52. The maximum absolute atomic E-state index is 13.0. The summed E-state index contributed by atoms with van der Waals surface area (Å²) in [7, 11) is 0. The van der Waals surface area contributed by atoms with Crippen molar-refractivity contribution in [1.29, 1.82) is 0 Å². The molecule has 0 fully saturated rings. The van der Waals surface area contributed by atoms with Crippen molar-refractivity contribution >= 4 is 15.9 Å². The van der Waals surface area contributed by atoms with Crippen molar-refractivity contribution in [2.45, 2.75) is 19.4 Å². The molecule has 16 heavy (non-hydrogen) atoms. The molecule has 0 bridgehead atoms. The van der Waals surface area contributed by atoms with E-state index in [1.54, 1.807) is 12.1 Å². The van der Waals surface area contributed by atoms with E-state index in [4.69, 9.17) is 10.6 Å². The van der Waals surface area contributed by atoms with Gasteiger partial charge in [-0.2, -0.15) is 0 Å². The van der Waals surface area contributed by atoms with Gasteiger partial charge in [-0.15, -0.1) is 0 Å². The SMILES string of the molecule is CCCOCC(NN)c1ccc(F)c(Br)c1. The fourth-order valence-corrected chi connectivity index (χ4v) is 1.71. The third kappa shape index (κ3) is 3.83. The maximum atomic E-state index is 13.0. The lowest BCUT2D eigenvalue weighted by Gasteiger charge is -2.16. The summed E-state index contributed by atoms with van der Waals surface area (Å²) in [5.41, 5.74) is 3.55. The van der Waals surface area contributed by atoms with Crippen LogP contribution in [0.4, 0.5) is 4.39 Å². The zero-order chi connectivity index (χ0) is 12.0. The number of ether oxygens (including phenoxy) is 1. The van der Waals surface area contributed by atoms with E-state index in [0.29, 0.717) is 17.7 Å². The molecular weight excluding hydrogens is 275 g/mol. The van der Waals surface area contributed by atoms with Gasteiger partial charge >= 0.3 is 0 Å². The highest BCUT2D eigenvalue weighted by Gasteiger charge is 2.11. The number of hydrogen-bond donors (Lipinski definition) is 2. The van der Waals surface area contributed by atoms with Gasteiger partial charge < -0.3 is 4.74 Å². The summed E-state index contributed by atoms with van der Waals surface area (Å²) >= 11 is 3.14. The maximum Gasteiger partial charge on any atom is 0.137 e. The van der Waals surface area contributed by atoms with Crippen molar-refractivity contribution < 1.29 is 9.13 Å². The van der Waals surface area contributed by atoms with Gasteiger partial charge in [0.05, 0.1) is 17.1 Å². The molecule has 0 saturated heterocycles. The van der Waals surface area contributed by atoms with E-state index in [0.717, 1.165) is 12.0 Å². The van der Waals surface area contributed by atoms with Gasteiger partial charge in [-0.05, 0) is 40.0 Å². The summed E-state index contributed by atoms with van der Waals surface area (Å²) in [4.78, 5) is 0. The Morgan fingerprint density at radius 2 is 2.31 bits per heavy atom. The summed E-state index contributed by atoms with van der Waals surface area (Å²) in [6, 6.07) is 4.68. The number of rotatable bonds is 6. The van der Waals surface area contributed by atoms with E-state index in [2.05, 4.69) is 21.4 Å². The lowest BCUT2D eigenvalue weighted by atomic mass is 10.1. The van der Waals surface area contributed by atoms with Gasteiger partial charge in [0.1, 0.15) is 5.82 Å². The van der Waals surface area contributed by atoms with Crippen molar-refractivity contribution in [2.75, 3.05) is 13.2 Å². The molecule has 0 aliphatic heterocycles. The van der Waals surface area contributed by atoms with Gasteiger partial charge in [0, 0.05) is 6.61 Å². The molecule has 0 saturated carbocycles. The molecule has 1 aromatic rings. The Morgan fingerprint density at radius 3 is 2.88 bits per heavy atom. The first-order chi connectivity index (χ1) is 7.69. The van der Waals surface area contributed by atoms with E-state index in [-0.39, 0.29) is 11.9 Å². The Hall–Kier alpha value is -0.490. The van der Waals surface area contributed by atoms with Crippen LogP contribution < -0.4 is 11.3 Å². The van der Waals surface area contributed by atoms with Crippen LogP contribution in [0.25, 0.3) is 0 Å². The Morgan fingerprint density at radius 1 is 1.56 bits per heavy atom. The minimum atomic E-state index is -0.283. The number of nitrogens with two attached hydrogens (primary N) is 1. The molecular formula is C11H16BrFN2O. The number of benzene rings is 1. The highest BCUT2D eigenvalue weighted by Crippen LogP contribution is 2.21. The lowest BCUT2D eigenvalue weighted by molar-refractivity contribution is 0.112. The van der Waals surface area contributed by atoms with E-state index >= 15 is 0 Å². The molecule has 0 aliphatic carbocycles. The number of hydrogen-bond acceptors (Lipinski definition) is 3. The Kier molecular flexibility index (Phi) is 5.90. The molecule has 0 spiro atoms. The van der Waals surface area contributed by atoms with Crippen LogP contribution in [0.3, 0.4) is 0 Å². The highest BCUT2D eigenvalue weighted by atomic mass is 79.9. The molecule has 0 heterocycles. The zero-order valence-electron chi connectivity index (χ0n) is 9.17. The van der Waals surface area contributed by atoms with Crippen molar-refractivity contribution in [3.8, 4) is 0 Å². The topological polar surface area (TPSA) is 47.3 Å². The predicted molar refractivity (Wildman–Crippen MR) is 65.3 cm³/mol. The molecule has 0 aromatic heterocycles. The molecule has 0 amide bonds. The number of hydrazine groups is 1. The number of halogens is 2. The largest absolute Gasteiger partial charge is 0.379 e. The van der Waals surface area contributed by atoms with Crippen LogP contribution in [0.2, 0.25) is 0 Å². The molecule has 0 aliphatic rings. The fourth-order valence-electron chi connectivity index (χ4n) is 1.32. The van der Waals surface area contributed by atoms with Gasteiger partial charge in [-0.25, -0.2) is 4.39 Å². The van der Waals surface area contributed by atoms with Crippen LogP contribution in [0.15, 0.2) is 22.7 Å². The lowest BCUT2D eigenvalue weighted by Crippen LogP contribution is -2.31. The second-order valence-corrected chi connectivity index (χ2v) is 4.32. The summed E-state index contributed by atoms with van der Waals surface area (Å²) in [6.07, 6.45) is 0.963. The Balaban J connectivity index is 2.67. The normalized spacial score (nSPS) is 12.8. The van der Waals surface area contributed by atoms with E-state index < -0.39 is 0 Å². The average molecular weight is 291 g/mol. The van der Waals surface area contributed by atoms with Gasteiger partial charge in [0.15, 0.2) is 0 Å². The van der Waals surface area contributed by atoms with Gasteiger partial charge in [-0.1, -0.05) is 13.0 Å². The molecule has 0 radical (unpaired) electrons. The first-order valence-corrected chi connectivity index (χ1v) is 5.97. The minimum Gasteiger partial charge on any atom is -0.379 e. The van der Waals surface area contributed by atoms with Crippen LogP contribution in [-0.4, -0.2) is 13.2 Å². The summed E-state index contributed by atoms with van der Waals surface area (Å²) in [5, 5.41) is 0. The zero-order valence-corrected chi connectivity index (χ0v) is 10.8. The van der Waals surface area contributed by atoms with Gasteiger partial charge in [0.25, 0.3) is 0 Å². The monoisotopic (exact) mass is 290 g/mol. The molecule has 1 atom stereocenters. The second-order valence-electron chi connectivity index (χ2n) is 3.47. The van der Waals surface area contributed by atoms with E-state index in [1.165, 1.54) is 6.07 Å². The summed E-state index contributed by atoms with van der Waals surface area (Å²) < 4.78 is 18.9. The standard InChI is InChI=1S/C11H16BrFN2O/c1-2-5-16-7-11(15-14)8-3-4-10(13)9(12)6-8/h3-4,6,11,15H,2,5,7,14H2,1H3. The molecule has 1 rings (SSSR count). The third-order valence-electron chi connectivity index (χ3n) is 2.18. The fraction of sp³-hybridized carbons (Fsp3) is 0.455. The Bertz CT molecular complexity index is 336. The van der Waals surface area contributed by atoms with Crippen molar-refractivity contribution in [3.63, 3.8) is 0 Å². The average Bonchev–Trinajstić information content (AvgIpc) is 2.29. The van der Waals surface area contributed by atoms with Crippen molar-refractivity contribution in [3.05, 3.63) is 34.1 Å². The van der Waals surface area contributed by atoms with Crippen LogP contribution in [-0.2, 0) is 4.74 Å². The van der Waals surface area contributed by atoms with Crippen LogP contribution in [0, 0.1) is 5.82 Å². The smallest absolute Gasteiger partial charge is 0.137 e. The van der Waals surface area contributed by atoms with Crippen LogP contribution >= 0.6 is 15.9 Å². The van der Waals surface area contributed by atoms with Gasteiger partial charge in [0.2, 0.25) is 0 Å². The molecule has 90 valence electrons. The first-order valence-electron chi connectivity index (χ1n) is 5.17.